The van der Waals surface area contributed by atoms with Crippen molar-refractivity contribution in [3.8, 4) is 0 Å². The molecule has 0 saturated carbocycles. The SMILES string of the molecule is O=C(O)CC1CCc2c1nc[nH]c2=O. The average Bonchev–Trinajstić information content (AvgIpc) is 2.49. The summed E-state index contributed by atoms with van der Waals surface area (Å²) < 4.78 is 0. The first kappa shape index (κ1) is 8.93. The van der Waals surface area contributed by atoms with Gasteiger partial charge in [0.15, 0.2) is 0 Å². The maximum Gasteiger partial charge on any atom is 0.304 e. The van der Waals surface area contributed by atoms with Crippen LogP contribution in [0.3, 0.4) is 0 Å². The van der Waals surface area contributed by atoms with Crippen molar-refractivity contribution in [2.45, 2.75) is 25.2 Å². The number of carbonyl (C=O) groups is 1. The smallest absolute Gasteiger partial charge is 0.304 e. The highest BCUT2D eigenvalue weighted by atomic mass is 16.4. The van der Waals surface area contributed by atoms with Gasteiger partial charge in [-0.15, -0.1) is 0 Å². The lowest BCUT2D eigenvalue weighted by Crippen LogP contribution is -2.13. The van der Waals surface area contributed by atoms with Crippen LogP contribution in [-0.2, 0) is 11.2 Å². The van der Waals surface area contributed by atoms with E-state index in [-0.39, 0.29) is 17.9 Å². The predicted octanol–water partition coefficient (Wildman–Crippen LogP) is 0.274. The molecule has 2 rings (SSSR count). The molecule has 0 amide bonds. The fraction of sp³-hybridized carbons (Fsp3) is 0.444. The summed E-state index contributed by atoms with van der Waals surface area (Å²) in [7, 11) is 0. The van der Waals surface area contributed by atoms with Gasteiger partial charge in [-0.2, -0.15) is 0 Å². The minimum Gasteiger partial charge on any atom is -0.481 e. The van der Waals surface area contributed by atoms with Gasteiger partial charge in [-0.1, -0.05) is 0 Å². The molecule has 14 heavy (non-hydrogen) atoms. The molecule has 1 heterocycles. The molecule has 0 aliphatic heterocycles. The van der Waals surface area contributed by atoms with Gasteiger partial charge < -0.3 is 10.1 Å². The van der Waals surface area contributed by atoms with Crippen molar-refractivity contribution in [1.82, 2.24) is 9.97 Å². The predicted molar refractivity (Wildman–Crippen MR) is 48.2 cm³/mol. The van der Waals surface area contributed by atoms with Gasteiger partial charge in [0.1, 0.15) is 0 Å². The maximum atomic E-state index is 11.3. The minimum atomic E-state index is -0.843. The van der Waals surface area contributed by atoms with Crippen LogP contribution >= 0.6 is 0 Å². The molecule has 1 atom stereocenters. The van der Waals surface area contributed by atoms with Crippen molar-refractivity contribution in [3.05, 3.63) is 27.9 Å². The van der Waals surface area contributed by atoms with E-state index in [9.17, 15) is 9.59 Å². The highest BCUT2D eigenvalue weighted by Crippen LogP contribution is 2.31. The Morgan fingerprint density at radius 2 is 2.50 bits per heavy atom. The van der Waals surface area contributed by atoms with Gasteiger partial charge in [-0.25, -0.2) is 4.98 Å². The van der Waals surface area contributed by atoms with Gasteiger partial charge in [0, 0.05) is 11.5 Å². The Bertz CT molecular complexity index is 424. The number of fused-ring (bicyclic) bond motifs is 1. The molecule has 0 spiro atoms. The van der Waals surface area contributed by atoms with Gasteiger partial charge in [0.2, 0.25) is 0 Å². The standard InChI is InChI=1S/C9H10N2O3/c12-7(13)3-5-1-2-6-8(5)10-4-11-9(6)14/h4-5H,1-3H2,(H,12,13)(H,10,11,14). The number of rotatable bonds is 2. The summed E-state index contributed by atoms with van der Waals surface area (Å²) in [6.45, 7) is 0. The second-order valence-electron chi connectivity index (χ2n) is 3.43. The van der Waals surface area contributed by atoms with Gasteiger partial charge in [-0.05, 0) is 12.8 Å². The zero-order valence-electron chi connectivity index (χ0n) is 7.49. The van der Waals surface area contributed by atoms with E-state index in [0.717, 1.165) is 0 Å². The summed E-state index contributed by atoms with van der Waals surface area (Å²) in [5, 5.41) is 8.66. The number of aliphatic carboxylic acids is 1. The van der Waals surface area contributed by atoms with Crippen LogP contribution in [0.1, 0.15) is 30.0 Å². The Kier molecular flexibility index (Phi) is 2.07. The first-order valence-corrected chi connectivity index (χ1v) is 4.46. The molecule has 0 saturated heterocycles. The number of nitrogens with zero attached hydrogens (tertiary/aromatic N) is 1. The van der Waals surface area contributed by atoms with Gasteiger partial charge in [0.05, 0.1) is 18.4 Å². The molecule has 0 bridgehead atoms. The number of H-pyrrole nitrogens is 1. The Morgan fingerprint density at radius 3 is 3.21 bits per heavy atom. The van der Waals surface area contributed by atoms with E-state index in [2.05, 4.69) is 9.97 Å². The van der Waals surface area contributed by atoms with Crippen LogP contribution in [0.2, 0.25) is 0 Å². The molecule has 5 nitrogen and oxygen atoms in total. The van der Waals surface area contributed by atoms with E-state index >= 15 is 0 Å². The van der Waals surface area contributed by atoms with Crippen molar-refractivity contribution in [2.75, 3.05) is 0 Å². The number of hydrogen-bond acceptors (Lipinski definition) is 3. The summed E-state index contributed by atoms with van der Waals surface area (Å²) in [6, 6.07) is 0. The van der Waals surface area contributed by atoms with E-state index < -0.39 is 5.97 Å². The van der Waals surface area contributed by atoms with Crippen LogP contribution in [0.15, 0.2) is 11.1 Å². The zero-order valence-corrected chi connectivity index (χ0v) is 7.49. The molecule has 1 unspecified atom stereocenters. The van der Waals surface area contributed by atoms with Crippen molar-refractivity contribution in [1.29, 1.82) is 0 Å². The molecule has 1 aliphatic carbocycles. The highest BCUT2D eigenvalue weighted by molar-refractivity contribution is 5.68. The molecule has 0 radical (unpaired) electrons. The topological polar surface area (TPSA) is 83.0 Å². The molecule has 2 N–H and O–H groups in total. The lowest BCUT2D eigenvalue weighted by Gasteiger charge is -2.05. The lowest BCUT2D eigenvalue weighted by atomic mass is 10.0. The van der Waals surface area contributed by atoms with Gasteiger partial charge >= 0.3 is 5.97 Å². The number of aromatic nitrogens is 2. The van der Waals surface area contributed by atoms with Crippen LogP contribution in [0, 0.1) is 0 Å². The lowest BCUT2D eigenvalue weighted by molar-refractivity contribution is -0.137. The van der Waals surface area contributed by atoms with Crippen LogP contribution in [0.5, 0.6) is 0 Å². The van der Waals surface area contributed by atoms with Crippen LogP contribution in [-0.4, -0.2) is 21.0 Å². The number of nitrogens with one attached hydrogen (secondary N) is 1. The van der Waals surface area contributed by atoms with Crippen molar-refractivity contribution >= 4 is 5.97 Å². The van der Waals surface area contributed by atoms with Crippen LogP contribution in [0.4, 0.5) is 0 Å². The third-order valence-electron chi connectivity index (χ3n) is 2.53. The number of hydrogen-bond donors (Lipinski definition) is 2. The van der Waals surface area contributed by atoms with E-state index in [0.29, 0.717) is 24.1 Å². The minimum absolute atomic E-state index is 0.0590. The number of carboxylic acids is 1. The van der Waals surface area contributed by atoms with Crippen molar-refractivity contribution in [3.63, 3.8) is 0 Å². The normalized spacial score (nSPS) is 19.3. The molecule has 0 aromatic carbocycles. The first-order chi connectivity index (χ1) is 6.68. The largest absolute Gasteiger partial charge is 0.481 e. The van der Waals surface area contributed by atoms with E-state index in [1.165, 1.54) is 6.33 Å². The first-order valence-electron chi connectivity index (χ1n) is 4.46. The molecule has 5 heteroatoms. The quantitative estimate of drug-likeness (QED) is 0.708. The Balaban J connectivity index is 2.35. The molecular formula is C9H10N2O3. The summed E-state index contributed by atoms with van der Waals surface area (Å²) in [6.07, 6.45) is 2.74. The summed E-state index contributed by atoms with van der Waals surface area (Å²) in [5.74, 6) is -0.935. The van der Waals surface area contributed by atoms with Gasteiger partial charge in [-0.3, -0.25) is 9.59 Å². The number of aromatic amines is 1. The van der Waals surface area contributed by atoms with E-state index in [1.54, 1.807) is 0 Å². The second-order valence-corrected chi connectivity index (χ2v) is 3.43. The number of carboxylic acid groups (broad SMARTS) is 1. The Labute approximate surface area is 79.8 Å². The maximum absolute atomic E-state index is 11.3. The fourth-order valence-electron chi connectivity index (χ4n) is 1.90. The zero-order chi connectivity index (χ0) is 10.1. The summed E-state index contributed by atoms with van der Waals surface area (Å²) >= 11 is 0. The highest BCUT2D eigenvalue weighted by Gasteiger charge is 2.27. The molecule has 1 aromatic rings. The molecular weight excluding hydrogens is 184 g/mol. The van der Waals surface area contributed by atoms with Crippen LogP contribution < -0.4 is 5.56 Å². The molecule has 1 aliphatic rings. The Hall–Kier alpha value is -1.65. The van der Waals surface area contributed by atoms with E-state index in [4.69, 9.17) is 5.11 Å². The van der Waals surface area contributed by atoms with Gasteiger partial charge in [0.25, 0.3) is 5.56 Å². The summed E-state index contributed by atoms with van der Waals surface area (Å²) in [5.41, 5.74) is 1.18. The third kappa shape index (κ3) is 1.41. The average molecular weight is 194 g/mol. The monoisotopic (exact) mass is 194 g/mol. The third-order valence-corrected chi connectivity index (χ3v) is 2.53. The molecule has 1 aromatic heterocycles. The molecule has 74 valence electrons. The summed E-state index contributed by atoms with van der Waals surface area (Å²) in [4.78, 5) is 28.4. The van der Waals surface area contributed by atoms with Crippen molar-refractivity contribution in [2.24, 2.45) is 0 Å². The Morgan fingerprint density at radius 1 is 1.71 bits per heavy atom. The van der Waals surface area contributed by atoms with E-state index in [1.807, 2.05) is 0 Å². The fourth-order valence-corrected chi connectivity index (χ4v) is 1.90. The molecule has 0 fully saturated rings. The van der Waals surface area contributed by atoms with Crippen molar-refractivity contribution < 1.29 is 9.90 Å². The van der Waals surface area contributed by atoms with Crippen LogP contribution in [0.25, 0.3) is 0 Å². The second kappa shape index (κ2) is 3.25.